The molecule has 0 bridgehead atoms. The lowest BCUT2D eigenvalue weighted by Crippen LogP contribution is -2.15. The molecule has 2 N–H and O–H groups in total. The van der Waals surface area contributed by atoms with Crippen molar-refractivity contribution < 1.29 is 9.72 Å². The van der Waals surface area contributed by atoms with Gasteiger partial charge in [-0.25, -0.2) is 0 Å². The van der Waals surface area contributed by atoms with Crippen molar-refractivity contribution in [3.8, 4) is 6.07 Å². The van der Waals surface area contributed by atoms with Crippen molar-refractivity contribution in [1.29, 1.82) is 5.26 Å². The first-order valence-electron chi connectivity index (χ1n) is 7.10. The van der Waals surface area contributed by atoms with Crippen molar-refractivity contribution in [3.05, 3.63) is 74.9 Å². The van der Waals surface area contributed by atoms with E-state index in [0.29, 0.717) is 10.7 Å². The Hall–Kier alpha value is -3.37. The van der Waals surface area contributed by atoms with E-state index in [0.717, 1.165) is 5.56 Å². The summed E-state index contributed by atoms with van der Waals surface area (Å²) in [7, 11) is 0. The van der Waals surface area contributed by atoms with Crippen LogP contribution >= 0.6 is 11.6 Å². The van der Waals surface area contributed by atoms with Gasteiger partial charge in [0.1, 0.15) is 17.3 Å². The van der Waals surface area contributed by atoms with Crippen LogP contribution in [0.25, 0.3) is 0 Å². The van der Waals surface area contributed by atoms with Crippen LogP contribution in [0.1, 0.15) is 5.56 Å². The number of anilines is 2. The largest absolute Gasteiger partial charge is 0.360 e. The maximum Gasteiger partial charge on any atom is 0.292 e. The van der Waals surface area contributed by atoms with Gasteiger partial charge in [-0.3, -0.25) is 14.9 Å². The molecule has 2 rings (SSSR count). The molecule has 0 fully saturated rings. The number of aryl methyl sites for hydroxylation is 1. The first-order chi connectivity index (χ1) is 11.9. The maximum absolute atomic E-state index is 12.2. The van der Waals surface area contributed by atoms with Crippen molar-refractivity contribution in [2.24, 2.45) is 0 Å². The average Bonchev–Trinajstić information content (AvgIpc) is 2.57. The minimum atomic E-state index is -0.754. The number of nitro groups is 1. The summed E-state index contributed by atoms with van der Waals surface area (Å²) in [6.45, 7) is 1.82. The first-order valence-corrected chi connectivity index (χ1v) is 7.48. The third kappa shape index (κ3) is 4.56. The molecule has 0 aliphatic rings. The fraction of sp³-hybridized carbons (Fsp3) is 0.0588. The molecule has 0 heterocycles. The molecule has 0 atom stereocenters. The Morgan fingerprint density at radius 1 is 1.28 bits per heavy atom. The fourth-order valence-corrected chi connectivity index (χ4v) is 2.24. The van der Waals surface area contributed by atoms with Crippen LogP contribution < -0.4 is 10.6 Å². The Kier molecular flexibility index (Phi) is 5.71. The number of hydrogen-bond acceptors (Lipinski definition) is 5. The molecule has 2 aromatic carbocycles. The molecule has 0 aromatic heterocycles. The van der Waals surface area contributed by atoms with E-state index in [9.17, 15) is 20.2 Å². The number of nitrogens with zero attached hydrogens (tertiary/aromatic N) is 2. The number of hydrogen-bond donors (Lipinski definition) is 2. The highest BCUT2D eigenvalue weighted by atomic mass is 35.5. The summed E-state index contributed by atoms with van der Waals surface area (Å²) in [6, 6.07) is 12.6. The van der Waals surface area contributed by atoms with Gasteiger partial charge in [-0.2, -0.15) is 5.26 Å². The molecular weight excluding hydrogens is 344 g/mol. The zero-order valence-corrected chi connectivity index (χ0v) is 13.9. The van der Waals surface area contributed by atoms with Crippen LogP contribution in [0.4, 0.5) is 17.1 Å². The van der Waals surface area contributed by atoms with Crippen LogP contribution in [-0.4, -0.2) is 10.8 Å². The number of para-hydroxylation sites is 2. The number of benzene rings is 2. The van der Waals surface area contributed by atoms with Crippen molar-refractivity contribution in [1.82, 2.24) is 0 Å². The van der Waals surface area contributed by atoms with Gasteiger partial charge < -0.3 is 10.6 Å². The number of carbonyl (C=O) groups is 1. The maximum atomic E-state index is 12.2. The Balaban J connectivity index is 2.19. The zero-order valence-electron chi connectivity index (χ0n) is 13.1. The number of nitriles is 1. The molecule has 2 aromatic rings. The average molecular weight is 357 g/mol. The van der Waals surface area contributed by atoms with Crippen LogP contribution in [-0.2, 0) is 4.79 Å². The van der Waals surface area contributed by atoms with E-state index in [4.69, 9.17) is 11.6 Å². The number of amides is 1. The van der Waals surface area contributed by atoms with E-state index in [1.54, 1.807) is 30.3 Å². The lowest BCUT2D eigenvalue weighted by molar-refractivity contribution is -0.383. The van der Waals surface area contributed by atoms with Crippen molar-refractivity contribution in [2.75, 3.05) is 10.6 Å². The lowest BCUT2D eigenvalue weighted by atomic mass is 10.2. The second-order valence-electron chi connectivity index (χ2n) is 5.00. The quantitative estimate of drug-likeness (QED) is 0.364. The van der Waals surface area contributed by atoms with Gasteiger partial charge in [-0.05, 0) is 36.8 Å². The molecule has 25 heavy (non-hydrogen) atoms. The van der Waals surface area contributed by atoms with Gasteiger partial charge in [0.05, 0.1) is 4.92 Å². The zero-order chi connectivity index (χ0) is 18.4. The van der Waals surface area contributed by atoms with E-state index in [1.807, 2.05) is 6.92 Å². The summed E-state index contributed by atoms with van der Waals surface area (Å²) in [5.74, 6) is -0.754. The SMILES string of the molecule is Cc1cc(Cl)ccc1N/C=C(/C#N)C(=O)Nc1ccccc1[N+](=O)[O-]. The predicted molar refractivity (Wildman–Crippen MR) is 95.2 cm³/mol. The molecule has 0 saturated carbocycles. The highest BCUT2D eigenvalue weighted by Crippen LogP contribution is 2.24. The number of rotatable bonds is 5. The Bertz CT molecular complexity index is 903. The lowest BCUT2D eigenvalue weighted by Gasteiger charge is -2.07. The topological polar surface area (TPSA) is 108 Å². The molecule has 126 valence electrons. The van der Waals surface area contributed by atoms with Crippen molar-refractivity contribution >= 4 is 34.6 Å². The molecule has 0 unspecified atom stereocenters. The van der Waals surface area contributed by atoms with Crippen LogP contribution in [0.15, 0.2) is 54.2 Å². The molecule has 0 radical (unpaired) electrons. The summed E-state index contributed by atoms with van der Waals surface area (Å²) in [5, 5.41) is 25.9. The Morgan fingerprint density at radius 2 is 2.00 bits per heavy atom. The molecule has 0 spiro atoms. The standard InChI is InChI=1S/C17H13ClN4O3/c1-11-8-13(18)6-7-14(11)20-10-12(9-19)17(23)21-15-4-2-3-5-16(15)22(24)25/h2-8,10,20H,1H3,(H,21,23)/b12-10-. The van der Waals surface area contributed by atoms with Gasteiger partial charge in [0.15, 0.2) is 0 Å². The van der Waals surface area contributed by atoms with Gasteiger partial charge >= 0.3 is 0 Å². The van der Waals surface area contributed by atoms with Crippen LogP contribution in [0.5, 0.6) is 0 Å². The second kappa shape index (κ2) is 7.95. The summed E-state index contributed by atoms with van der Waals surface area (Å²) >= 11 is 5.87. The van der Waals surface area contributed by atoms with Gasteiger partial charge in [-0.1, -0.05) is 23.7 Å². The molecular formula is C17H13ClN4O3. The molecule has 1 amide bonds. The predicted octanol–water partition coefficient (Wildman–Crippen LogP) is 4.01. The number of carbonyl (C=O) groups excluding carboxylic acids is 1. The molecule has 0 aliphatic carbocycles. The second-order valence-corrected chi connectivity index (χ2v) is 5.44. The van der Waals surface area contributed by atoms with E-state index < -0.39 is 10.8 Å². The summed E-state index contributed by atoms with van der Waals surface area (Å²) in [4.78, 5) is 22.6. The highest BCUT2D eigenvalue weighted by Gasteiger charge is 2.17. The summed E-state index contributed by atoms with van der Waals surface area (Å²) < 4.78 is 0. The van der Waals surface area contributed by atoms with Crippen molar-refractivity contribution in [3.63, 3.8) is 0 Å². The Morgan fingerprint density at radius 3 is 2.64 bits per heavy atom. The van der Waals surface area contributed by atoms with Gasteiger partial charge in [0.25, 0.3) is 11.6 Å². The minimum Gasteiger partial charge on any atom is -0.360 e. The van der Waals surface area contributed by atoms with E-state index in [1.165, 1.54) is 24.4 Å². The highest BCUT2D eigenvalue weighted by molar-refractivity contribution is 6.30. The summed E-state index contributed by atoms with van der Waals surface area (Å²) in [6.07, 6.45) is 1.24. The monoisotopic (exact) mass is 356 g/mol. The third-order valence-corrected chi connectivity index (χ3v) is 3.51. The van der Waals surface area contributed by atoms with Crippen LogP contribution in [0, 0.1) is 28.4 Å². The molecule has 0 aliphatic heterocycles. The molecule has 7 nitrogen and oxygen atoms in total. The first kappa shape index (κ1) is 18.0. The normalized spacial score (nSPS) is 10.7. The summed E-state index contributed by atoms with van der Waals surface area (Å²) in [5.41, 5.74) is 1.04. The minimum absolute atomic E-state index is 0.0151. The molecule has 0 saturated heterocycles. The van der Waals surface area contributed by atoms with E-state index >= 15 is 0 Å². The van der Waals surface area contributed by atoms with Crippen LogP contribution in [0.3, 0.4) is 0 Å². The fourth-order valence-electron chi connectivity index (χ4n) is 2.02. The number of nitro benzene ring substituents is 1. The van der Waals surface area contributed by atoms with Gasteiger partial charge in [0, 0.05) is 23.0 Å². The van der Waals surface area contributed by atoms with Crippen LogP contribution in [0.2, 0.25) is 5.02 Å². The van der Waals surface area contributed by atoms with Gasteiger partial charge in [0.2, 0.25) is 0 Å². The van der Waals surface area contributed by atoms with Crippen molar-refractivity contribution in [2.45, 2.75) is 6.92 Å². The van der Waals surface area contributed by atoms with E-state index in [2.05, 4.69) is 10.6 Å². The van der Waals surface area contributed by atoms with E-state index in [-0.39, 0.29) is 16.9 Å². The van der Waals surface area contributed by atoms with Gasteiger partial charge in [-0.15, -0.1) is 0 Å². The smallest absolute Gasteiger partial charge is 0.292 e. The molecule has 8 heteroatoms. The number of halogens is 1. The third-order valence-electron chi connectivity index (χ3n) is 3.27. The Labute approximate surface area is 148 Å². The number of nitrogens with one attached hydrogen (secondary N) is 2.